The van der Waals surface area contributed by atoms with Crippen molar-refractivity contribution in [1.29, 1.82) is 0 Å². The second kappa shape index (κ2) is 9.05. The second-order valence-electron chi connectivity index (χ2n) is 9.83. The molecule has 0 unspecified atom stereocenters. The van der Waals surface area contributed by atoms with Gasteiger partial charge >= 0.3 is 0 Å². The molecule has 0 atom stereocenters. The molecule has 1 amide bonds. The van der Waals surface area contributed by atoms with Crippen LogP contribution in [0, 0.1) is 12.7 Å². The maximum absolute atomic E-state index is 14.5. The number of nitrogens with zero attached hydrogens (tertiary/aromatic N) is 7. The lowest BCUT2D eigenvalue weighted by Gasteiger charge is -2.21. The Labute approximate surface area is 222 Å². The number of nitrogens with two attached hydrogens (primary N) is 1. The van der Waals surface area contributed by atoms with Gasteiger partial charge in [-0.05, 0) is 50.6 Å². The zero-order valence-electron chi connectivity index (χ0n) is 21.5. The first kappa shape index (κ1) is 24.3. The largest absolute Gasteiger partial charge is 0.386 e. The Morgan fingerprint density at radius 2 is 1.92 bits per heavy atom. The van der Waals surface area contributed by atoms with Gasteiger partial charge in [0.25, 0.3) is 5.91 Å². The summed E-state index contributed by atoms with van der Waals surface area (Å²) in [5.41, 5.74) is 8.97. The summed E-state index contributed by atoms with van der Waals surface area (Å²) in [6, 6.07) is 11.8. The first-order chi connectivity index (χ1) is 18.7. The molecule has 0 radical (unpaired) electrons. The van der Waals surface area contributed by atoms with E-state index in [-0.39, 0.29) is 23.9 Å². The van der Waals surface area contributed by atoms with E-state index in [0.717, 1.165) is 5.56 Å². The molecule has 39 heavy (non-hydrogen) atoms. The van der Waals surface area contributed by atoms with Crippen LogP contribution in [0.5, 0.6) is 0 Å². The molecule has 0 saturated heterocycles. The lowest BCUT2D eigenvalue weighted by Crippen LogP contribution is -2.34. The normalized spacial score (nSPS) is 13.8. The number of nitrogens with one attached hydrogen (secondary N) is 1. The summed E-state index contributed by atoms with van der Waals surface area (Å²) < 4.78 is 16.1. The molecule has 194 valence electrons. The van der Waals surface area contributed by atoms with Crippen LogP contribution in [0.15, 0.2) is 66.0 Å². The number of benzene rings is 1. The predicted octanol–water partition coefficient (Wildman–Crippen LogP) is 4.31. The fourth-order valence-corrected chi connectivity index (χ4v) is 4.63. The van der Waals surface area contributed by atoms with E-state index in [1.165, 1.54) is 6.07 Å². The van der Waals surface area contributed by atoms with Crippen LogP contribution < -0.4 is 11.1 Å². The third kappa shape index (κ3) is 4.08. The highest BCUT2D eigenvalue weighted by molar-refractivity contribution is 6.09. The molecule has 1 aliphatic rings. The van der Waals surface area contributed by atoms with Gasteiger partial charge in [0.2, 0.25) is 0 Å². The second-order valence-corrected chi connectivity index (χ2v) is 9.83. The van der Waals surface area contributed by atoms with E-state index in [1.807, 2.05) is 26.8 Å². The molecule has 10 nitrogen and oxygen atoms in total. The van der Waals surface area contributed by atoms with Crippen LogP contribution >= 0.6 is 0 Å². The Kier molecular flexibility index (Phi) is 5.63. The molecule has 5 heterocycles. The first-order valence-electron chi connectivity index (χ1n) is 12.3. The smallest absolute Gasteiger partial charge is 0.274 e. The highest BCUT2D eigenvalue weighted by Gasteiger charge is 2.40. The number of aryl methyl sites for hydroxylation is 1. The maximum atomic E-state index is 14.5. The molecule has 0 saturated carbocycles. The van der Waals surface area contributed by atoms with E-state index >= 15 is 0 Å². The molecule has 1 aliphatic heterocycles. The number of fused-ring (bicyclic) bond motifs is 2. The molecule has 4 aromatic heterocycles. The first-order valence-corrected chi connectivity index (χ1v) is 12.3. The Hall–Kier alpha value is -5.06. The van der Waals surface area contributed by atoms with Crippen molar-refractivity contribution in [3.8, 4) is 11.5 Å². The van der Waals surface area contributed by atoms with Crippen molar-refractivity contribution in [3.05, 3.63) is 89.3 Å². The summed E-state index contributed by atoms with van der Waals surface area (Å²) >= 11 is 0. The van der Waals surface area contributed by atoms with E-state index in [0.29, 0.717) is 45.2 Å². The summed E-state index contributed by atoms with van der Waals surface area (Å²) in [7, 11) is 0. The van der Waals surface area contributed by atoms with Crippen LogP contribution in [0.2, 0.25) is 0 Å². The third-order valence-corrected chi connectivity index (χ3v) is 6.86. The molecule has 3 N–H and O–H groups in total. The number of hydrogen-bond donors (Lipinski definition) is 2. The monoisotopic (exact) mass is 521 g/mol. The Morgan fingerprint density at radius 1 is 1.10 bits per heavy atom. The summed E-state index contributed by atoms with van der Waals surface area (Å²) in [4.78, 5) is 36.1. The fraction of sp³-hybridized carbons (Fsp3) is 0.179. The third-order valence-electron chi connectivity index (χ3n) is 6.86. The van der Waals surface area contributed by atoms with Crippen molar-refractivity contribution < 1.29 is 9.18 Å². The molecular formula is C28H24FN9O. The van der Waals surface area contributed by atoms with Crippen LogP contribution in [-0.2, 0) is 12.0 Å². The molecular weight excluding hydrogens is 497 g/mol. The number of aliphatic imine (C=N–C) groups is 1. The molecule has 11 heteroatoms. The van der Waals surface area contributed by atoms with Crippen LogP contribution in [0.4, 0.5) is 15.9 Å². The van der Waals surface area contributed by atoms with Gasteiger partial charge in [-0.25, -0.2) is 29.0 Å². The molecule has 0 spiro atoms. The van der Waals surface area contributed by atoms with Crippen LogP contribution in [0.3, 0.4) is 0 Å². The van der Waals surface area contributed by atoms with Crippen LogP contribution in [0.1, 0.15) is 41.0 Å². The van der Waals surface area contributed by atoms with Crippen molar-refractivity contribution in [1.82, 2.24) is 29.7 Å². The highest BCUT2D eigenvalue weighted by atomic mass is 19.1. The number of carbonyl (C=O) groups is 1. The van der Waals surface area contributed by atoms with Gasteiger partial charge in [-0.1, -0.05) is 18.2 Å². The topological polar surface area (TPSA) is 137 Å². The molecule has 0 aliphatic carbocycles. The maximum Gasteiger partial charge on any atom is 0.274 e. The van der Waals surface area contributed by atoms with E-state index in [9.17, 15) is 9.18 Å². The number of pyridine rings is 2. The van der Waals surface area contributed by atoms with Crippen LogP contribution in [-0.4, -0.2) is 41.5 Å². The van der Waals surface area contributed by atoms with Crippen molar-refractivity contribution >= 4 is 34.3 Å². The quantitative estimate of drug-likeness (QED) is 0.352. The van der Waals surface area contributed by atoms with Gasteiger partial charge in [0.05, 0.1) is 17.3 Å². The zero-order chi connectivity index (χ0) is 27.3. The van der Waals surface area contributed by atoms with E-state index in [2.05, 4.69) is 25.3 Å². The summed E-state index contributed by atoms with van der Waals surface area (Å²) in [5.74, 6) is 0.0413. The number of halogens is 1. The number of anilines is 1. The van der Waals surface area contributed by atoms with Gasteiger partial charge in [0, 0.05) is 35.4 Å². The van der Waals surface area contributed by atoms with Gasteiger partial charge in [-0.3, -0.25) is 9.78 Å². The van der Waals surface area contributed by atoms with Crippen LogP contribution in [0.25, 0.3) is 22.6 Å². The Bertz CT molecular complexity index is 1810. The van der Waals surface area contributed by atoms with Gasteiger partial charge < -0.3 is 11.1 Å². The zero-order valence-corrected chi connectivity index (χ0v) is 21.5. The minimum atomic E-state index is -0.762. The van der Waals surface area contributed by atoms with Gasteiger partial charge in [0.1, 0.15) is 23.0 Å². The number of amides is 1. The van der Waals surface area contributed by atoms with Crippen molar-refractivity contribution in [2.75, 3.05) is 5.32 Å². The van der Waals surface area contributed by atoms with Gasteiger partial charge in [-0.2, -0.15) is 5.10 Å². The average molecular weight is 522 g/mol. The number of carbonyl (C=O) groups excluding carboxylic acids is 1. The molecule has 1 aromatic carbocycles. The van der Waals surface area contributed by atoms with Crippen molar-refractivity contribution in [2.24, 2.45) is 10.7 Å². The van der Waals surface area contributed by atoms with E-state index in [1.54, 1.807) is 53.6 Å². The SMILES string of the molecule is Cc1cnccc1NC(=O)c1nc(-c2nn(Cc3ccccc3F)c3ncccc23)nc2c1C(C)(C)C(N)=N2. The minimum Gasteiger partial charge on any atom is -0.386 e. The predicted molar refractivity (Wildman–Crippen MR) is 145 cm³/mol. The highest BCUT2D eigenvalue weighted by Crippen LogP contribution is 2.41. The van der Waals surface area contributed by atoms with E-state index < -0.39 is 11.3 Å². The van der Waals surface area contributed by atoms with Gasteiger partial charge in [-0.15, -0.1) is 0 Å². The Morgan fingerprint density at radius 3 is 2.72 bits per heavy atom. The number of rotatable bonds is 5. The summed E-state index contributed by atoms with van der Waals surface area (Å²) in [6.45, 7) is 5.75. The lowest BCUT2D eigenvalue weighted by molar-refractivity contribution is 0.102. The average Bonchev–Trinajstić information content (AvgIpc) is 3.40. The summed E-state index contributed by atoms with van der Waals surface area (Å²) in [6.07, 6.45) is 4.90. The van der Waals surface area contributed by atoms with Crippen molar-refractivity contribution in [3.63, 3.8) is 0 Å². The fourth-order valence-electron chi connectivity index (χ4n) is 4.63. The molecule has 6 rings (SSSR count). The number of aromatic nitrogens is 6. The molecule has 0 bridgehead atoms. The minimum absolute atomic E-state index is 0.140. The Balaban J connectivity index is 1.51. The lowest BCUT2D eigenvalue weighted by atomic mass is 9.84. The molecule has 0 fully saturated rings. The standard InChI is InChI=1S/C28H24FN9O/c1-15-13-31-12-10-19(15)33-26(39)22-20-23(36-27(30)28(20,2)3)35-24(34-22)21-17-8-6-11-32-25(17)38(37-21)14-16-7-4-5-9-18(16)29/h4-13H,14H2,1-3H3,(H,31,33,39)(H2,30,34,35,36). The number of amidine groups is 1. The van der Waals surface area contributed by atoms with Gasteiger partial charge in [0.15, 0.2) is 17.3 Å². The molecule has 5 aromatic rings. The number of hydrogen-bond acceptors (Lipinski definition) is 8. The van der Waals surface area contributed by atoms with Crippen molar-refractivity contribution in [2.45, 2.75) is 32.7 Å². The summed E-state index contributed by atoms with van der Waals surface area (Å²) in [5, 5.41) is 8.30. The van der Waals surface area contributed by atoms with E-state index in [4.69, 9.17) is 15.8 Å².